The van der Waals surface area contributed by atoms with Crippen LogP contribution in [0.5, 0.6) is 0 Å². The average Bonchev–Trinajstić information content (AvgIpc) is 2.98. The molecule has 6 nitrogen and oxygen atoms in total. The van der Waals surface area contributed by atoms with Crippen LogP contribution in [-0.2, 0) is 4.79 Å². The first-order chi connectivity index (χ1) is 12.8. The zero-order valence-corrected chi connectivity index (χ0v) is 17.3. The van der Waals surface area contributed by atoms with Crippen LogP contribution in [0.25, 0.3) is 11.4 Å². The van der Waals surface area contributed by atoms with E-state index in [1.807, 2.05) is 0 Å². The lowest BCUT2D eigenvalue weighted by atomic mass is 10.2. The number of aromatic nitrogens is 3. The summed E-state index contributed by atoms with van der Waals surface area (Å²) in [6.45, 7) is 0. The molecule has 0 atom stereocenters. The van der Waals surface area contributed by atoms with E-state index in [9.17, 15) is 4.79 Å². The van der Waals surface area contributed by atoms with Gasteiger partial charge in [-0.25, -0.2) is 4.68 Å². The molecule has 0 fully saturated rings. The molecule has 0 aliphatic rings. The summed E-state index contributed by atoms with van der Waals surface area (Å²) in [7, 11) is 0. The molecule has 1 heterocycles. The molecule has 1 amide bonds. The molecule has 140 valence electrons. The van der Waals surface area contributed by atoms with Crippen LogP contribution < -0.4 is 11.2 Å². The van der Waals surface area contributed by atoms with Crippen molar-refractivity contribution < 1.29 is 4.79 Å². The smallest absolute Gasteiger partial charge is 0.234 e. The minimum Gasteiger partial charge on any atom is -0.335 e. The monoisotopic (exact) mass is 461 g/mol. The summed E-state index contributed by atoms with van der Waals surface area (Å²) >= 11 is 25.2. The molecule has 0 bridgehead atoms. The number of nitrogen functional groups attached to an aromatic ring is 1. The lowest BCUT2D eigenvalue weighted by Gasteiger charge is -2.08. The predicted octanol–water partition coefficient (Wildman–Crippen LogP) is 5.00. The first-order valence-electron chi connectivity index (χ1n) is 7.39. The van der Waals surface area contributed by atoms with Crippen LogP contribution in [0.4, 0.5) is 5.69 Å². The number of nitrogens with zero attached hydrogens (tertiary/aromatic N) is 3. The molecule has 3 N–H and O–H groups in total. The van der Waals surface area contributed by atoms with Gasteiger partial charge in [0.05, 0.1) is 21.5 Å². The second-order valence-corrected chi connectivity index (χ2v) is 7.89. The van der Waals surface area contributed by atoms with Crippen molar-refractivity contribution in [1.29, 1.82) is 0 Å². The molecule has 0 radical (unpaired) electrons. The highest BCUT2D eigenvalue weighted by Gasteiger charge is 2.16. The summed E-state index contributed by atoms with van der Waals surface area (Å²) in [6, 6.07) is 9.74. The number of hydrogen-bond donors (Lipinski definition) is 2. The molecule has 0 unspecified atom stereocenters. The van der Waals surface area contributed by atoms with Gasteiger partial charge in [0.25, 0.3) is 0 Å². The zero-order chi connectivity index (χ0) is 19.6. The summed E-state index contributed by atoms with van der Waals surface area (Å²) in [5, 5.41) is 12.8. The highest BCUT2D eigenvalue weighted by Crippen LogP contribution is 2.30. The number of carbonyl (C=O) groups is 1. The first-order valence-corrected chi connectivity index (χ1v) is 9.88. The van der Waals surface area contributed by atoms with Crippen molar-refractivity contribution in [1.82, 2.24) is 14.9 Å². The predicted molar refractivity (Wildman–Crippen MR) is 111 cm³/mol. The van der Waals surface area contributed by atoms with Crippen molar-refractivity contribution in [3.8, 4) is 11.4 Å². The maximum atomic E-state index is 12.1. The van der Waals surface area contributed by atoms with Gasteiger partial charge < -0.3 is 11.2 Å². The quantitative estimate of drug-likeness (QED) is 0.411. The highest BCUT2D eigenvalue weighted by molar-refractivity contribution is 7.99. The number of nitrogens with two attached hydrogens (primary N) is 1. The lowest BCUT2D eigenvalue weighted by Crippen LogP contribution is -2.16. The molecule has 3 rings (SSSR count). The lowest BCUT2D eigenvalue weighted by molar-refractivity contribution is -0.113. The molecule has 11 heteroatoms. The third kappa shape index (κ3) is 4.80. The minimum absolute atomic E-state index is 0.0531. The van der Waals surface area contributed by atoms with Gasteiger partial charge in [-0.3, -0.25) is 4.79 Å². The van der Waals surface area contributed by atoms with Crippen molar-refractivity contribution in [2.45, 2.75) is 5.16 Å². The molecule has 3 aromatic rings. The Balaban J connectivity index is 1.69. The number of carbonyl (C=O) groups excluding carboxylic acids is 1. The van der Waals surface area contributed by atoms with Gasteiger partial charge in [0, 0.05) is 15.6 Å². The van der Waals surface area contributed by atoms with E-state index in [4.69, 9.17) is 52.2 Å². The van der Waals surface area contributed by atoms with Crippen LogP contribution in [0.3, 0.4) is 0 Å². The van der Waals surface area contributed by atoms with Gasteiger partial charge in [-0.1, -0.05) is 58.2 Å². The fourth-order valence-corrected chi connectivity index (χ4v) is 3.62. The number of rotatable bonds is 5. The number of anilines is 1. The Morgan fingerprint density at radius 2 is 1.74 bits per heavy atom. The van der Waals surface area contributed by atoms with Crippen molar-refractivity contribution in [3.05, 3.63) is 56.5 Å². The Morgan fingerprint density at radius 1 is 1.04 bits per heavy atom. The van der Waals surface area contributed by atoms with Gasteiger partial charge in [0.15, 0.2) is 5.82 Å². The summed E-state index contributed by atoms with van der Waals surface area (Å²) in [5.74, 6) is 6.14. The van der Waals surface area contributed by atoms with E-state index in [0.717, 1.165) is 11.8 Å². The molecule has 1 aromatic heterocycles. The number of hydrogen-bond acceptors (Lipinski definition) is 5. The van der Waals surface area contributed by atoms with E-state index < -0.39 is 0 Å². The summed E-state index contributed by atoms with van der Waals surface area (Å²) in [4.78, 5) is 12.1. The average molecular weight is 463 g/mol. The van der Waals surface area contributed by atoms with Gasteiger partial charge in [-0.05, 0) is 36.4 Å². The normalized spacial score (nSPS) is 10.8. The topological polar surface area (TPSA) is 85.8 Å². The largest absolute Gasteiger partial charge is 0.335 e. The summed E-state index contributed by atoms with van der Waals surface area (Å²) in [5.41, 5.74) is 1.01. The number of halogens is 4. The van der Waals surface area contributed by atoms with Gasteiger partial charge in [0.1, 0.15) is 0 Å². The fourth-order valence-electron chi connectivity index (χ4n) is 2.14. The Labute approximate surface area is 178 Å². The Morgan fingerprint density at radius 3 is 2.48 bits per heavy atom. The number of amides is 1. The highest BCUT2D eigenvalue weighted by atomic mass is 35.5. The maximum Gasteiger partial charge on any atom is 0.234 e. The van der Waals surface area contributed by atoms with Crippen molar-refractivity contribution >= 4 is 69.8 Å². The molecule has 0 saturated heterocycles. The number of benzene rings is 2. The van der Waals surface area contributed by atoms with Crippen molar-refractivity contribution in [3.63, 3.8) is 0 Å². The van der Waals surface area contributed by atoms with Crippen LogP contribution in [0.1, 0.15) is 0 Å². The van der Waals surface area contributed by atoms with Crippen LogP contribution in [0.2, 0.25) is 20.1 Å². The number of nitrogens with one attached hydrogen (secondary N) is 1. The van der Waals surface area contributed by atoms with Crippen LogP contribution in [-0.4, -0.2) is 26.5 Å². The molecule has 0 spiro atoms. The maximum absolute atomic E-state index is 12.1. The second kappa shape index (κ2) is 8.58. The molecule has 27 heavy (non-hydrogen) atoms. The summed E-state index contributed by atoms with van der Waals surface area (Å²) in [6.07, 6.45) is 0. The van der Waals surface area contributed by atoms with Gasteiger partial charge >= 0.3 is 0 Å². The van der Waals surface area contributed by atoms with Crippen molar-refractivity contribution in [2.75, 3.05) is 16.9 Å². The van der Waals surface area contributed by atoms with E-state index in [-0.39, 0.29) is 11.7 Å². The van der Waals surface area contributed by atoms with E-state index >= 15 is 0 Å². The SMILES string of the molecule is Nn1c(SCC(=O)Nc2ccc(Cl)cc2Cl)nnc1-c1cc(Cl)ccc1Cl. The Hall–Kier alpha value is -1.64. The standard InChI is InChI=1S/C16H11Cl4N5OS/c17-8-1-3-11(19)10(5-8)15-23-24-16(25(15)21)27-7-14(26)22-13-4-2-9(18)6-12(13)20/h1-6H,7,21H2,(H,22,26). The molecule has 0 saturated carbocycles. The number of thioether (sulfide) groups is 1. The van der Waals surface area contributed by atoms with E-state index in [0.29, 0.717) is 42.3 Å². The molecular formula is C16H11Cl4N5OS. The van der Waals surface area contributed by atoms with Crippen LogP contribution >= 0.6 is 58.2 Å². The van der Waals surface area contributed by atoms with Gasteiger partial charge in [-0.15, -0.1) is 10.2 Å². The van der Waals surface area contributed by atoms with Gasteiger partial charge in [0.2, 0.25) is 11.1 Å². The second-order valence-electron chi connectivity index (χ2n) is 5.26. The molecule has 0 aliphatic heterocycles. The third-order valence-electron chi connectivity index (χ3n) is 3.37. The Bertz CT molecular complexity index is 1010. The minimum atomic E-state index is -0.283. The molecular weight excluding hydrogens is 452 g/mol. The summed E-state index contributed by atoms with van der Waals surface area (Å²) < 4.78 is 1.25. The van der Waals surface area contributed by atoms with Crippen LogP contribution in [0.15, 0.2) is 41.6 Å². The first kappa shape index (κ1) is 20.1. The van der Waals surface area contributed by atoms with E-state index in [1.165, 1.54) is 4.68 Å². The Kier molecular flexibility index (Phi) is 6.39. The van der Waals surface area contributed by atoms with Crippen LogP contribution in [0, 0.1) is 0 Å². The van der Waals surface area contributed by atoms with E-state index in [1.54, 1.807) is 36.4 Å². The van der Waals surface area contributed by atoms with E-state index in [2.05, 4.69) is 15.5 Å². The zero-order valence-electron chi connectivity index (χ0n) is 13.4. The fraction of sp³-hybridized carbons (Fsp3) is 0.0625. The molecule has 2 aromatic carbocycles. The van der Waals surface area contributed by atoms with Gasteiger partial charge in [-0.2, -0.15) is 0 Å². The van der Waals surface area contributed by atoms with Crippen molar-refractivity contribution in [2.24, 2.45) is 0 Å². The third-order valence-corrected chi connectivity index (χ3v) is 5.43. The molecule has 0 aliphatic carbocycles.